The maximum absolute atomic E-state index is 13.9. The molecule has 1 aliphatic heterocycles. The Morgan fingerprint density at radius 3 is 2.65 bits per heavy atom. The molecule has 3 aromatic rings. The maximum atomic E-state index is 13.9. The SMILES string of the molecule is Cc1cccnc1C1(CNc2ccc(-c3cccc(C(=O)NC4CN(C)C4)c3)nn2)CC(F)C1. The first kappa shape index (κ1) is 22.4. The van der Waals surface area contributed by atoms with Gasteiger partial charge in [-0.05, 0) is 62.7 Å². The van der Waals surface area contributed by atoms with Crippen LogP contribution in [0.3, 0.4) is 0 Å². The molecule has 3 heterocycles. The van der Waals surface area contributed by atoms with Crippen molar-refractivity contribution in [3.63, 3.8) is 0 Å². The van der Waals surface area contributed by atoms with Gasteiger partial charge in [-0.2, -0.15) is 0 Å². The molecule has 2 aromatic heterocycles. The van der Waals surface area contributed by atoms with Crippen LogP contribution >= 0.6 is 0 Å². The van der Waals surface area contributed by atoms with Crippen molar-refractivity contribution in [1.29, 1.82) is 0 Å². The number of pyridine rings is 1. The third kappa shape index (κ3) is 4.50. The number of alkyl halides is 1. The third-order valence-corrected chi connectivity index (χ3v) is 6.83. The number of carbonyl (C=O) groups excluding carboxylic acids is 1. The van der Waals surface area contributed by atoms with Crippen molar-refractivity contribution in [3.05, 3.63) is 71.5 Å². The van der Waals surface area contributed by atoms with Crippen LogP contribution in [-0.4, -0.2) is 64.9 Å². The smallest absolute Gasteiger partial charge is 0.251 e. The number of nitrogens with one attached hydrogen (secondary N) is 2. The van der Waals surface area contributed by atoms with Gasteiger partial charge in [-0.15, -0.1) is 10.2 Å². The van der Waals surface area contributed by atoms with Crippen molar-refractivity contribution in [1.82, 2.24) is 25.4 Å². The zero-order valence-electron chi connectivity index (χ0n) is 19.5. The lowest BCUT2D eigenvalue weighted by molar-refractivity contribution is 0.0857. The van der Waals surface area contributed by atoms with Gasteiger partial charge in [0, 0.05) is 42.4 Å². The highest BCUT2D eigenvalue weighted by Gasteiger charge is 2.47. The van der Waals surface area contributed by atoms with Crippen molar-refractivity contribution in [2.24, 2.45) is 0 Å². The Morgan fingerprint density at radius 2 is 1.97 bits per heavy atom. The molecule has 2 aliphatic rings. The molecule has 5 rings (SSSR count). The molecule has 0 unspecified atom stereocenters. The van der Waals surface area contributed by atoms with Crippen LogP contribution in [0, 0.1) is 6.92 Å². The van der Waals surface area contributed by atoms with Crippen LogP contribution in [0.1, 0.15) is 34.5 Å². The molecule has 8 heteroatoms. The van der Waals surface area contributed by atoms with Crippen molar-refractivity contribution in [3.8, 4) is 11.3 Å². The molecule has 2 N–H and O–H groups in total. The first-order valence-corrected chi connectivity index (χ1v) is 11.7. The van der Waals surface area contributed by atoms with E-state index in [1.54, 1.807) is 12.3 Å². The van der Waals surface area contributed by atoms with Crippen LogP contribution in [0.2, 0.25) is 0 Å². The van der Waals surface area contributed by atoms with Gasteiger partial charge in [0.05, 0.1) is 17.4 Å². The average molecular weight is 461 g/mol. The summed E-state index contributed by atoms with van der Waals surface area (Å²) in [6.07, 6.45) is 1.87. The lowest BCUT2D eigenvalue weighted by Gasteiger charge is -2.44. The van der Waals surface area contributed by atoms with Gasteiger partial charge in [0.1, 0.15) is 12.0 Å². The summed E-state index contributed by atoms with van der Waals surface area (Å²) in [4.78, 5) is 19.3. The Bertz CT molecular complexity index is 1170. The van der Waals surface area contributed by atoms with E-state index in [9.17, 15) is 9.18 Å². The summed E-state index contributed by atoms with van der Waals surface area (Å²) < 4.78 is 13.9. The van der Waals surface area contributed by atoms with Gasteiger partial charge in [0.25, 0.3) is 5.91 Å². The molecule has 1 saturated carbocycles. The van der Waals surface area contributed by atoms with Crippen molar-refractivity contribution < 1.29 is 9.18 Å². The topological polar surface area (TPSA) is 83.0 Å². The Kier molecular flexibility index (Phi) is 6.00. The van der Waals surface area contributed by atoms with E-state index >= 15 is 0 Å². The zero-order chi connectivity index (χ0) is 23.7. The molecule has 34 heavy (non-hydrogen) atoms. The van der Waals surface area contributed by atoms with E-state index in [-0.39, 0.29) is 17.4 Å². The quantitative estimate of drug-likeness (QED) is 0.563. The first-order valence-electron chi connectivity index (χ1n) is 11.7. The zero-order valence-corrected chi connectivity index (χ0v) is 19.5. The highest BCUT2D eigenvalue weighted by Crippen LogP contribution is 2.45. The van der Waals surface area contributed by atoms with E-state index in [0.29, 0.717) is 36.5 Å². The van der Waals surface area contributed by atoms with Gasteiger partial charge in [-0.25, -0.2) is 4.39 Å². The van der Waals surface area contributed by atoms with E-state index in [4.69, 9.17) is 0 Å². The molecule has 2 fully saturated rings. The summed E-state index contributed by atoms with van der Waals surface area (Å²) in [5.41, 5.74) is 3.82. The number of carbonyl (C=O) groups is 1. The van der Waals surface area contributed by atoms with Crippen LogP contribution in [0.5, 0.6) is 0 Å². The molecule has 0 radical (unpaired) electrons. The number of likely N-dealkylation sites (tertiary alicyclic amines) is 1. The molecule has 0 spiro atoms. The number of amides is 1. The molecule has 7 nitrogen and oxygen atoms in total. The molecule has 176 valence electrons. The number of likely N-dealkylation sites (N-methyl/N-ethyl adjacent to an activating group) is 1. The van der Waals surface area contributed by atoms with Crippen LogP contribution in [0.25, 0.3) is 11.3 Å². The fourth-order valence-corrected chi connectivity index (χ4v) is 4.97. The standard InChI is InChI=1S/C26H29FN6O/c1-17-5-4-10-28-24(17)26(12-20(27)13-26)16-29-23-9-8-22(31-32-23)18-6-3-7-19(11-18)25(34)30-21-14-33(2)15-21/h3-11,20-21H,12-16H2,1-2H3,(H,29,32)(H,30,34). The molecule has 1 saturated heterocycles. The molecule has 1 aromatic carbocycles. The largest absolute Gasteiger partial charge is 0.368 e. The average Bonchev–Trinajstić information content (AvgIpc) is 2.81. The van der Waals surface area contributed by atoms with Gasteiger partial charge < -0.3 is 15.5 Å². The number of aryl methyl sites for hydroxylation is 1. The summed E-state index contributed by atoms with van der Waals surface area (Å²) in [7, 11) is 2.03. The summed E-state index contributed by atoms with van der Waals surface area (Å²) in [5, 5.41) is 15.1. The molecule has 0 bridgehead atoms. The summed E-state index contributed by atoms with van der Waals surface area (Å²) in [5.74, 6) is 0.551. The number of hydrogen-bond donors (Lipinski definition) is 2. The number of hydrogen-bond acceptors (Lipinski definition) is 6. The number of anilines is 1. The number of aromatic nitrogens is 3. The third-order valence-electron chi connectivity index (χ3n) is 6.83. The van der Waals surface area contributed by atoms with Crippen LogP contribution in [0.4, 0.5) is 10.2 Å². The molecular formula is C26H29FN6O. The first-order chi connectivity index (χ1) is 16.4. The maximum Gasteiger partial charge on any atom is 0.251 e. The minimum absolute atomic E-state index is 0.0759. The van der Waals surface area contributed by atoms with Gasteiger partial charge in [0.15, 0.2) is 0 Å². The normalized spacial score (nSPS) is 22.5. The number of nitrogens with zero attached hydrogens (tertiary/aromatic N) is 4. The Labute approximate surface area is 198 Å². The van der Waals surface area contributed by atoms with Crippen molar-refractivity contribution >= 4 is 11.7 Å². The summed E-state index contributed by atoms with van der Waals surface area (Å²) >= 11 is 0. The van der Waals surface area contributed by atoms with E-state index in [1.807, 2.05) is 56.4 Å². The Hall–Kier alpha value is -3.39. The molecular weight excluding hydrogens is 431 g/mol. The minimum Gasteiger partial charge on any atom is -0.368 e. The second-order valence-electron chi connectivity index (χ2n) is 9.58. The van der Waals surface area contributed by atoms with Crippen LogP contribution in [0.15, 0.2) is 54.7 Å². The fourth-order valence-electron chi connectivity index (χ4n) is 4.97. The minimum atomic E-state index is -0.800. The molecule has 1 aliphatic carbocycles. The van der Waals surface area contributed by atoms with Gasteiger partial charge in [-0.3, -0.25) is 9.78 Å². The highest BCUT2D eigenvalue weighted by molar-refractivity contribution is 5.95. The van der Waals surface area contributed by atoms with Crippen LogP contribution in [-0.2, 0) is 5.41 Å². The van der Waals surface area contributed by atoms with E-state index in [1.165, 1.54) is 0 Å². The summed E-state index contributed by atoms with van der Waals surface area (Å²) in [6.45, 7) is 4.31. The number of halogens is 1. The van der Waals surface area contributed by atoms with E-state index in [2.05, 4.69) is 30.7 Å². The number of benzene rings is 1. The van der Waals surface area contributed by atoms with E-state index < -0.39 is 6.17 Å². The Balaban J connectivity index is 1.25. The predicted molar refractivity (Wildman–Crippen MR) is 129 cm³/mol. The van der Waals surface area contributed by atoms with Crippen LogP contribution < -0.4 is 10.6 Å². The monoisotopic (exact) mass is 460 g/mol. The second-order valence-corrected chi connectivity index (χ2v) is 9.58. The molecule has 1 amide bonds. The van der Waals surface area contributed by atoms with Crippen molar-refractivity contribution in [2.75, 3.05) is 32.0 Å². The molecule has 0 atom stereocenters. The highest BCUT2D eigenvalue weighted by atomic mass is 19.1. The Morgan fingerprint density at radius 1 is 1.15 bits per heavy atom. The van der Waals surface area contributed by atoms with Crippen molar-refractivity contribution in [2.45, 2.75) is 37.4 Å². The lowest BCUT2D eigenvalue weighted by atomic mass is 9.64. The second kappa shape index (κ2) is 9.10. The predicted octanol–water partition coefficient (Wildman–Crippen LogP) is 3.37. The lowest BCUT2D eigenvalue weighted by Crippen LogP contribution is -2.57. The number of rotatable bonds is 7. The van der Waals surface area contributed by atoms with Gasteiger partial charge in [-0.1, -0.05) is 18.2 Å². The van der Waals surface area contributed by atoms with Gasteiger partial charge >= 0.3 is 0 Å². The van der Waals surface area contributed by atoms with E-state index in [0.717, 1.165) is 29.9 Å². The summed E-state index contributed by atoms with van der Waals surface area (Å²) in [6, 6.07) is 15.3. The van der Waals surface area contributed by atoms with Gasteiger partial charge in [0.2, 0.25) is 0 Å². The fraction of sp³-hybridized carbons (Fsp3) is 0.385.